The monoisotopic (exact) mass is 386 g/mol. The van der Waals surface area contributed by atoms with Crippen molar-refractivity contribution in [1.29, 1.82) is 0 Å². The predicted octanol–water partition coefficient (Wildman–Crippen LogP) is 1.93. The molecule has 2 aliphatic rings. The first-order chi connectivity index (χ1) is 13.5. The summed E-state index contributed by atoms with van der Waals surface area (Å²) in [6.45, 7) is 1.78. The van der Waals surface area contributed by atoms with Crippen LogP contribution in [0.25, 0.3) is 0 Å². The number of hydrogen-bond donors (Lipinski definition) is 2. The predicted molar refractivity (Wildman–Crippen MR) is 102 cm³/mol. The normalized spacial score (nSPS) is 28.0. The lowest BCUT2D eigenvalue weighted by molar-refractivity contribution is -0.127. The molecule has 1 aromatic heterocycles. The van der Waals surface area contributed by atoms with E-state index in [2.05, 4.69) is 20.8 Å². The van der Waals surface area contributed by atoms with Crippen molar-refractivity contribution in [3.63, 3.8) is 0 Å². The topological polar surface area (TPSA) is 98.7 Å². The molecule has 2 fully saturated rings. The summed E-state index contributed by atoms with van der Waals surface area (Å²) in [4.78, 5) is 13.3. The molecule has 0 radical (unpaired) electrons. The van der Waals surface area contributed by atoms with E-state index in [4.69, 9.17) is 5.73 Å². The zero-order valence-electron chi connectivity index (χ0n) is 16.1. The number of hydrogen-bond acceptors (Lipinski definition) is 5. The fraction of sp³-hybridized carbons (Fsp3) is 0.600. The molecule has 2 aromatic rings. The van der Waals surface area contributed by atoms with Crippen molar-refractivity contribution in [3.8, 4) is 0 Å². The molecule has 1 heterocycles. The van der Waals surface area contributed by atoms with E-state index in [0.29, 0.717) is 24.1 Å². The summed E-state index contributed by atoms with van der Waals surface area (Å²) in [5.74, 6) is 1.07. The Labute approximate surface area is 163 Å². The summed E-state index contributed by atoms with van der Waals surface area (Å²) in [6.07, 6.45) is 5.77. The molecule has 0 aliphatic heterocycles. The number of halogens is 1. The Morgan fingerprint density at radius 1 is 1.29 bits per heavy atom. The first-order valence-electron chi connectivity index (χ1n) is 10.1. The number of nitrogens with zero attached hydrogens (tertiary/aromatic N) is 4. The molecule has 1 amide bonds. The lowest BCUT2D eigenvalue weighted by Gasteiger charge is -2.45. The molecule has 8 heteroatoms. The maximum atomic E-state index is 13.3. The van der Waals surface area contributed by atoms with Crippen LogP contribution in [0.1, 0.15) is 49.5 Å². The van der Waals surface area contributed by atoms with Gasteiger partial charge < -0.3 is 11.1 Å². The van der Waals surface area contributed by atoms with Crippen molar-refractivity contribution >= 4 is 5.91 Å². The molecule has 3 atom stereocenters. The second kappa shape index (κ2) is 7.95. The Morgan fingerprint density at radius 2 is 1.96 bits per heavy atom. The molecule has 7 nitrogen and oxygen atoms in total. The number of carbonyl (C=O) groups is 1. The summed E-state index contributed by atoms with van der Waals surface area (Å²) >= 11 is 0. The van der Waals surface area contributed by atoms with Crippen LogP contribution in [0.15, 0.2) is 24.3 Å². The van der Waals surface area contributed by atoms with Gasteiger partial charge >= 0.3 is 0 Å². The third kappa shape index (κ3) is 3.92. The molecule has 0 saturated heterocycles. The van der Waals surface area contributed by atoms with Crippen molar-refractivity contribution in [2.75, 3.05) is 0 Å². The zero-order valence-corrected chi connectivity index (χ0v) is 16.1. The van der Waals surface area contributed by atoms with Gasteiger partial charge in [-0.15, -0.1) is 5.10 Å². The van der Waals surface area contributed by atoms with Crippen LogP contribution in [0.3, 0.4) is 0 Å². The highest BCUT2D eigenvalue weighted by molar-refractivity contribution is 5.81. The first-order valence-corrected chi connectivity index (χ1v) is 10.1. The van der Waals surface area contributed by atoms with E-state index in [1.807, 2.05) is 0 Å². The average molecular weight is 386 g/mol. The summed E-state index contributed by atoms with van der Waals surface area (Å²) < 4.78 is 14.8. The molecule has 28 heavy (non-hydrogen) atoms. The number of nitrogens with two attached hydrogens (primary N) is 1. The third-order valence-corrected chi connectivity index (χ3v) is 6.28. The van der Waals surface area contributed by atoms with Gasteiger partial charge in [-0.3, -0.25) is 4.79 Å². The third-order valence-electron chi connectivity index (χ3n) is 6.28. The van der Waals surface area contributed by atoms with Crippen molar-refractivity contribution in [3.05, 3.63) is 41.5 Å². The van der Waals surface area contributed by atoms with E-state index < -0.39 is 6.04 Å². The second-order valence-corrected chi connectivity index (χ2v) is 8.23. The minimum atomic E-state index is -0.572. The lowest BCUT2D eigenvalue weighted by Crippen LogP contribution is -2.55. The van der Waals surface area contributed by atoms with Crippen LogP contribution >= 0.6 is 0 Å². The molecule has 4 rings (SSSR count). The van der Waals surface area contributed by atoms with Gasteiger partial charge in [0.25, 0.3) is 0 Å². The van der Waals surface area contributed by atoms with Gasteiger partial charge in [0.2, 0.25) is 5.91 Å². The van der Waals surface area contributed by atoms with Gasteiger partial charge in [0, 0.05) is 18.5 Å². The van der Waals surface area contributed by atoms with Crippen LogP contribution in [-0.2, 0) is 11.2 Å². The number of nitrogens with one attached hydrogen (secondary N) is 1. The van der Waals surface area contributed by atoms with E-state index >= 15 is 0 Å². The van der Waals surface area contributed by atoms with Gasteiger partial charge in [-0.1, -0.05) is 18.6 Å². The molecule has 0 spiro atoms. The number of amides is 1. The Hall–Kier alpha value is -2.35. The molecule has 2 aliphatic carbocycles. The maximum Gasteiger partial charge on any atom is 0.245 e. The largest absolute Gasteiger partial charge is 0.351 e. The Bertz CT molecular complexity index is 808. The van der Waals surface area contributed by atoms with Crippen LogP contribution in [0, 0.1) is 24.6 Å². The summed E-state index contributed by atoms with van der Waals surface area (Å²) in [6, 6.07) is 6.03. The van der Waals surface area contributed by atoms with Crippen molar-refractivity contribution in [1.82, 2.24) is 25.5 Å². The number of aromatic nitrogens is 4. The molecule has 3 N–H and O–H groups in total. The molecular weight excluding hydrogens is 359 g/mol. The standard InChI is InChI=1S/C20H27FN6O/c1-12-24-25-26-27(12)18(9-13-5-7-16(21)8-6-13)20(28)23-19-14-3-2-4-15(19)11-17(22)10-14/h5-8,14-15,17-19H,2-4,9-11,22H2,1H3,(H,23,28). The van der Waals surface area contributed by atoms with E-state index in [9.17, 15) is 9.18 Å². The van der Waals surface area contributed by atoms with E-state index in [0.717, 1.165) is 31.2 Å². The van der Waals surface area contributed by atoms with E-state index in [1.165, 1.54) is 18.6 Å². The minimum absolute atomic E-state index is 0.0860. The number of carbonyl (C=O) groups excluding carboxylic acids is 1. The maximum absolute atomic E-state index is 13.3. The fourth-order valence-corrected chi connectivity index (χ4v) is 4.95. The molecule has 3 unspecified atom stereocenters. The highest BCUT2D eigenvalue weighted by Crippen LogP contribution is 2.39. The molecular formula is C20H27FN6O. The van der Waals surface area contributed by atoms with Gasteiger partial charge in [-0.25, -0.2) is 9.07 Å². The van der Waals surface area contributed by atoms with Crippen LogP contribution in [0.4, 0.5) is 4.39 Å². The number of tetrazole rings is 1. The van der Waals surface area contributed by atoms with Gasteiger partial charge in [-0.05, 0) is 72.6 Å². The Kier molecular flexibility index (Phi) is 5.39. The highest BCUT2D eigenvalue weighted by Gasteiger charge is 2.41. The smallest absolute Gasteiger partial charge is 0.245 e. The van der Waals surface area contributed by atoms with Gasteiger partial charge in [0.05, 0.1) is 0 Å². The molecule has 1 aromatic carbocycles. The van der Waals surface area contributed by atoms with Crippen LogP contribution < -0.4 is 11.1 Å². The van der Waals surface area contributed by atoms with Crippen molar-refractivity contribution in [2.24, 2.45) is 17.6 Å². The number of rotatable bonds is 5. The van der Waals surface area contributed by atoms with Crippen molar-refractivity contribution in [2.45, 2.75) is 63.6 Å². The second-order valence-electron chi connectivity index (χ2n) is 8.23. The average Bonchev–Trinajstić information content (AvgIpc) is 3.07. The van der Waals surface area contributed by atoms with E-state index in [-0.39, 0.29) is 23.8 Å². The summed E-state index contributed by atoms with van der Waals surface area (Å²) in [5.41, 5.74) is 7.08. The lowest BCUT2D eigenvalue weighted by atomic mass is 9.67. The van der Waals surface area contributed by atoms with Gasteiger partial charge in [-0.2, -0.15) is 0 Å². The Balaban J connectivity index is 1.55. The van der Waals surface area contributed by atoms with Crippen LogP contribution in [0.5, 0.6) is 0 Å². The SMILES string of the molecule is Cc1nnnn1C(Cc1ccc(F)cc1)C(=O)NC1C2CCCC1CC(N)C2. The zero-order chi connectivity index (χ0) is 19.7. The Morgan fingerprint density at radius 3 is 2.57 bits per heavy atom. The quantitative estimate of drug-likeness (QED) is 0.818. The number of benzene rings is 1. The minimum Gasteiger partial charge on any atom is -0.351 e. The molecule has 150 valence electrons. The fourth-order valence-electron chi connectivity index (χ4n) is 4.95. The van der Waals surface area contributed by atoms with Gasteiger partial charge in [0.1, 0.15) is 17.7 Å². The number of aryl methyl sites for hydroxylation is 1. The summed E-state index contributed by atoms with van der Waals surface area (Å²) in [7, 11) is 0. The first kappa shape index (κ1) is 19.0. The summed E-state index contributed by atoms with van der Waals surface area (Å²) in [5, 5.41) is 15.0. The van der Waals surface area contributed by atoms with E-state index in [1.54, 1.807) is 23.7 Å². The highest BCUT2D eigenvalue weighted by atomic mass is 19.1. The molecule has 2 saturated carbocycles. The van der Waals surface area contributed by atoms with Crippen LogP contribution in [0.2, 0.25) is 0 Å². The molecule has 2 bridgehead atoms. The number of fused-ring (bicyclic) bond motifs is 2. The van der Waals surface area contributed by atoms with Crippen molar-refractivity contribution < 1.29 is 9.18 Å². The van der Waals surface area contributed by atoms with Crippen LogP contribution in [-0.4, -0.2) is 38.2 Å². The van der Waals surface area contributed by atoms with Gasteiger partial charge in [0.15, 0.2) is 0 Å².